The maximum absolute atomic E-state index is 6.04. The van der Waals surface area contributed by atoms with Crippen LogP contribution in [0.3, 0.4) is 0 Å². The van der Waals surface area contributed by atoms with E-state index in [0.29, 0.717) is 21.0 Å². The zero-order valence-electron chi connectivity index (χ0n) is 8.94. The summed E-state index contributed by atoms with van der Waals surface area (Å²) in [5.74, 6) is 0.719. The molecule has 1 aromatic rings. The Balaban J connectivity index is 2.27. The fourth-order valence-corrected chi connectivity index (χ4v) is 3.27. The van der Waals surface area contributed by atoms with Crippen molar-refractivity contribution in [2.45, 2.75) is 31.6 Å². The normalized spacial score (nSPS) is 13.1. The number of rotatable bonds is 5. The van der Waals surface area contributed by atoms with E-state index in [1.165, 1.54) is 4.46 Å². The Morgan fingerprint density at radius 1 is 1.21 bits per heavy atom. The van der Waals surface area contributed by atoms with E-state index < -0.39 is 0 Å². The maximum atomic E-state index is 6.04. The summed E-state index contributed by atoms with van der Waals surface area (Å²) < 4.78 is 1.46. The molecular weight excluding hydrogens is 237 g/mol. The van der Waals surface area contributed by atoms with Crippen molar-refractivity contribution in [2.75, 3.05) is 0 Å². The van der Waals surface area contributed by atoms with Crippen molar-refractivity contribution in [1.29, 1.82) is 0 Å². The molecule has 1 aromatic carbocycles. The summed E-state index contributed by atoms with van der Waals surface area (Å²) in [7, 11) is 0. The molecule has 1 atom stereocenters. The van der Waals surface area contributed by atoms with Crippen LogP contribution in [0.4, 0.5) is 0 Å². The van der Waals surface area contributed by atoms with Crippen LogP contribution in [-0.2, 0) is 0 Å². The van der Waals surface area contributed by atoms with Gasteiger partial charge in [-0.15, -0.1) is 0 Å². The third-order valence-electron chi connectivity index (χ3n) is 1.98. The average molecular weight is 256 g/mol. The van der Waals surface area contributed by atoms with Gasteiger partial charge in [-0.05, 0) is 0 Å². The summed E-state index contributed by atoms with van der Waals surface area (Å²) >= 11 is 0.551. The van der Waals surface area contributed by atoms with E-state index in [2.05, 4.69) is 44.2 Å². The quantitative estimate of drug-likeness (QED) is 0.799. The van der Waals surface area contributed by atoms with Crippen LogP contribution in [0.1, 0.15) is 20.3 Å². The zero-order chi connectivity index (χ0) is 10.4. The number of nitrogens with two attached hydrogens (primary N) is 1. The van der Waals surface area contributed by atoms with Gasteiger partial charge in [-0.1, -0.05) is 0 Å². The molecule has 0 aliphatic heterocycles. The van der Waals surface area contributed by atoms with Crippen LogP contribution in [-0.4, -0.2) is 21.0 Å². The number of hydrogen-bond donors (Lipinski definition) is 1. The van der Waals surface area contributed by atoms with Gasteiger partial charge >= 0.3 is 93.0 Å². The molecule has 78 valence electrons. The van der Waals surface area contributed by atoms with Gasteiger partial charge in [0, 0.05) is 0 Å². The van der Waals surface area contributed by atoms with Crippen molar-refractivity contribution in [3.8, 4) is 0 Å². The first-order chi connectivity index (χ1) is 6.68. The van der Waals surface area contributed by atoms with Crippen LogP contribution in [0.5, 0.6) is 0 Å². The third kappa shape index (κ3) is 4.80. The van der Waals surface area contributed by atoms with Crippen molar-refractivity contribution < 1.29 is 0 Å². The van der Waals surface area contributed by atoms with Gasteiger partial charge < -0.3 is 0 Å². The molecular formula is C12H19NSe. The van der Waals surface area contributed by atoms with Gasteiger partial charge in [-0.25, -0.2) is 0 Å². The summed E-state index contributed by atoms with van der Waals surface area (Å²) in [6.07, 6.45) is 1.15. The Labute approximate surface area is 93.2 Å². The van der Waals surface area contributed by atoms with Crippen LogP contribution in [0, 0.1) is 5.92 Å². The predicted molar refractivity (Wildman–Crippen MR) is 64.1 cm³/mol. The van der Waals surface area contributed by atoms with Gasteiger partial charge in [0.15, 0.2) is 0 Å². The van der Waals surface area contributed by atoms with Gasteiger partial charge in [-0.3, -0.25) is 0 Å². The molecule has 0 amide bonds. The first kappa shape index (κ1) is 11.8. The van der Waals surface area contributed by atoms with E-state index >= 15 is 0 Å². The molecule has 2 heteroatoms. The minimum absolute atomic E-state index is 0.384. The summed E-state index contributed by atoms with van der Waals surface area (Å²) in [6.45, 7) is 4.46. The Bertz CT molecular complexity index is 246. The minimum atomic E-state index is 0.384. The summed E-state index contributed by atoms with van der Waals surface area (Å²) in [5, 5.41) is 1.16. The molecule has 0 spiro atoms. The van der Waals surface area contributed by atoms with Crippen molar-refractivity contribution in [3.63, 3.8) is 0 Å². The van der Waals surface area contributed by atoms with E-state index in [0.717, 1.165) is 17.7 Å². The SMILES string of the molecule is CC(C)C[C@H](N)C[Se]c1ccccc1. The molecule has 0 unspecified atom stereocenters. The fraction of sp³-hybridized carbons (Fsp3) is 0.500. The van der Waals surface area contributed by atoms with Crippen molar-refractivity contribution in [3.05, 3.63) is 30.3 Å². The summed E-state index contributed by atoms with van der Waals surface area (Å²) in [4.78, 5) is 0. The van der Waals surface area contributed by atoms with E-state index in [9.17, 15) is 0 Å². The first-order valence-electron chi connectivity index (χ1n) is 5.12. The second-order valence-corrected chi connectivity index (χ2v) is 6.31. The Morgan fingerprint density at radius 2 is 1.86 bits per heavy atom. The van der Waals surface area contributed by atoms with Crippen LogP contribution in [0.25, 0.3) is 0 Å². The molecule has 14 heavy (non-hydrogen) atoms. The molecule has 0 heterocycles. The first-order valence-corrected chi connectivity index (χ1v) is 7.18. The van der Waals surface area contributed by atoms with Crippen molar-refractivity contribution >= 4 is 19.4 Å². The monoisotopic (exact) mass is 257 g/mol. The molecule has 1 nitrogen and oxygen atoms in total. The van der Waals surface area contributed by atoms with Crippen LogP contribution in [0.15, 0.2) is 30.3 Å². The zero-order valence-corrected chi connectivity index (χ0v) is 10.7. The second kappa shape index (κ2) is 6.23. The number of hydrogen-bond acceptors (Lipinski definition) is 1. The summed E-state index contributed by atoms with van der Waals surface area (Å²) in [6, 6.07) is 11.0. The molecule has 2 N–H and O–H groups in total. The average Bonchev–Trinajstić information content (AvgIpc) is 2.15. The summed E-state index contributed by atoms with van der Waals surface area (Å²) in [5.41, 5.74) is 6.04. The van der Waals surface area contributed by atoms with E-state index in [4.69, 9.17) is 5.73 Å². The molecule has 0 aliphatic carbocycles. The molecule has 0 bridgehead atoms. The fourth-order valence-electron chi connectivity index (χ4n) is 1.39. The van der Waals surface area contributed by atoms with Crippen LogP contribution in [0.2, 0.25) is 5.32 Å². The van der Waals surface area contributed by atoms with Gasteiger partial charge in [0.2, 0.25) is 0 Å². The molecule has 0 saturated heterocycles. The molecule has 0 aliphatic rings. The van der Waals surface area contributed by atoms with E-state index in [1.807, 2.05) is 0 Å². The molecule has 0 radical (unpaired) electrons. The molecule has 1 rings (SSSR count). The van der Waals surface area contributed by atoms with Gasteiger partial charge in [-0.2, -0.15) is 0 Å². The topological polar surface area (TPSA) is 26.0 Å². The van der Waals surface area contributed by atoms with Gasteiger partial charge in [0.1, 0.15) is 0 Å². The second-order valence-electron chi connectivity index (χ2n) is 4.01. The molecule has 0 saturated carbocycles. The Hall–Kier alpha value is -0.301. The number of benzene rings is 1. The third-order valence-corrected chi connectivity index (χ3v) is 4.50. The Kier molecular flexibility index (Phi) is 5.24. The Morgan fingerprint density at radius 3 is 2.43 bits per heavy atom. The van der Waals surface area contributed by atoms with E-state index in [-0.39, 0.29) is 0 Å². The van der Waals surface area contributed by atoms with Crippen molar-refractivity contribution in [1.82, 2.24) is 0 Å². The van der Waals surface area contributed by atoms with Crippen molar-refractivity contribution in [2.24, 2.45) is 11.7 Å². The van der Waals surface area contributed by atoms with E-state index in [1.54, 1.807) is 0 Å². The standard InChI is InChI=1S/C12H19NSe/c1-10(2)8-11(13)9-14-12-6-4-3-5-7-12/h3-7,10-11H,8-9,13H2,1-2H3/t11-/m0/s1. The van der Waals surface area contributed by atoms with Gasteiger partial charge in [0.25, 0.3) is 0 Å². The molecule has 0 fully saturated rings. The molecule has 0 aromatic heterocycles. The van der Waals surface area contributed by atoms with Gasteiger partial charge in [0.05, 0.1) is 0 Å². The van der Waals surface area contributed by atoms with Crippen LogP contribution < -0.4 is 10.2 Å². The predicted octanol–water partition coefficient (Wildman–Crippen LogP) is 1.81. The van der Waals surface area contributed by atoms with Crippen LogP contribution >= 0.6 is 0 Å².